The Bertz CT molecular complexity index is 443. The monoisotopic (exact) mass is 239 g/mol. The molecule has 0 aliphatic carbocycles. The summed E-state index contributed by atoms with van der Waals surface area (Å²) in [5.41, 5.74) is 0.539. The van der Waals surface area contributed by atoms with Gasteiger partial charge in [-0.3, -0.25) is 4.79 Å². The van der Waals surface area contributed by atoms with Gasteiger partial charge in [0.25, 0.3) is 0 Å². The summed E-state index contributed by atoms with van der Waals surface area (Å²) in [7, 11) is 0. The first-order valence-electron chi connectivity index (χ1n) is 4.92. The van der Waals surface area contributed by atoms with E-state index in [9.17, 15) is 13.6 Å². The number of benzene rings is 1. The molecule has 6 heteroatoms. The number of carbonyl (C=O) groups is 1. The van der Waals surface area contributed by atoms with Gasteiger partial charge in [0.05, 0.1) is 12.6 Å². The van der Waals surface area contributed by atoms with Gasteiger partial charge < -0.3 is 10.6 Å². The quantitative estimate of drug-likeness (QED) is 0.743. The van der Waals surface area contributed by atoms with E-state index in [-0.39, 0.29) is 25.5 Å². The van der Waals surface area contributed by atoms with E-state index in [1.807, 2.05) is 0 Å². The van der Waals surface area contributed by atoms with E-state index < -0.39 is 11.6 Å². The number of rotatable bonds is 5. The molecule has 0 heterocycles. The fraction of sp³-hybridized carbons (Fsp3) is 0.273. The Morgan fingerprint density at radius 3 is 2.76 bits per heavy atom. The Hall–Kier alpha value is -2.00. The molecule has 0 saturated heterocycles. The number of hydrogen-bond acceptors (Lipinski definition) is 3. The molecule has 90 valence electrons. The number of hydrogen-bond donors (Lipinski definition) is 2. The number of amides is 1. The van der Waals surface area contributed by atoms with Crippen molar-refractivity contribution in [3.05, 3.63) is 35.4 Å². The number of nitrogens with zero attached hydrogens (tertiary/aromatic N) is 1. The fourth-order valence-corrected chi connectivity index (χ4v) is 1.17. The number of halogens is 2. The van der Waals surface area contributed by atoms with E-state index in [4.69, 9.17) is 5.26 Å². The molecule has 0 aliphatic rings. The lowest BCUT2D eigenvalue weighted by Gasteiger charge is -2.05. The molecule has 0 bridgehead atoms. The molecule has 2 N–H and O–H groups in total. The molecular weight excluding hydrogens is 228 g/mol. The smallest absolute Gasteiger partial charge is 0.234 e. The van der Waals surface area contributed by atoms with Crippen molar-refractivity contribution >= 4 is 5.91 Å². The van der Waals surface area contributed by atoms with Crippen molar-refractivity contribution in [2.75, 3.05) is 13.1 Å². The number of nitriles is 1. The van der Waals surface area contributed by atoms with E-state index >= 15 is 0 Å². The molecule has 17 heavy (non-hydrogen) atoms. The molecule has 1 aromatic rings. The highest BCUT2D eigenvalue weighted by Crippen LogP contribution is 2.07. The molecule has 0 atom stereocenters. The van der Waals surface area contributed by atoms with Crippen molar-refractivity contribution in [1.29, 1.82) is 5.26 Å². The van der Waals surface area contributed by atoms with Gasteiger partial charge in [-0.1, -0.05) is 6.07 Å². The van der Waals surface area contributed by atoms with Gasteiger partial charge in [-0.15, -0.1) is 0 Å². The molecule has 0 unspecified atom stereocenters. The first-order chi connectivity index (χ1) is 8.13. The van der Waals surface area contributed by atoms with Crippen LogP contribution < -0.4 is 10.6 Å². The number of nitrogens with one attached hydrogen (secondary N) is 2. The van der Waals surface area contributed by atoms with Crippen molar-refractivity contribution in [2.24, 2.45) is 0 Å². The molecule has 0 saturated carbocycles. The first kappa shape index (κ1) is 13.1. The van der Waals surface area contributed by atoms with E-state index in [1.165, 1.54) is 6.07 Å². The van der Waals surface area contributed by atoms with Crippen molar-refractivity contribution in [1.82, 2.24) is 10.6 Å². The lowest BCUT2D eigenvalue weighted by Crippen LogP contribution is -2.33. The molecule has 0 aromatic heterocycles. The fourth-order valence-electron chi connectivity index (χ4n) is 1.17. The van der Waals surface area contributed by atoms with Crippen molar-refractivity contribution in [3.63, 3.8) is 0 Å². The van der Waals surface area contributed by atoms with Crippen LogP contribution in [0.1, 0.15) is 5.56 Å². The lowest BCUT2D eigenvalue weighted by molar-refractivity contribution is -0.120. The third-order valence-corrected chi connectivity index (χ3v) is 1.96. The molecule has 4 nitrogen and oxygen atoms in total. The van der Waals surface area contributed by atoms with Crippen LogP contribution in [0.4, 0.5) is 8.78 Å². The zero-order valence-corrected chi connectivity index (χ0v) is 8.96. The molecular formula is C11H11F2N3O. The zero-order valence-electron chi connectivity index (χ0n) is 8.96. The average Bonchev–Trinajstić information content (AvgIpc) is 2.31. The summed E-state index contributed by atoms with van der Waals surface area (Å²) < 4.78 is 25.4. The topological polar surface area (TPSA) is 64.9 Å². The Balaban J connectivity index is 2.33. The molecule has 1 rings (SSSR count). The van der Waals surface area contributed by atoms with Gasteiger partial charge in [0.2, 0.25) is 5.91 Å². The van der Waals surface area contributed by atoms with Crippen LogP contribution in [-0.2, 0) is 11.3 Å². The standard InChI is InChI=1S/C11H11F2N3O/c12-9-2-1-8(5-10(9)13)6-15-7-11(17)16-4-3-14/h1-2,5,15H,4,6-7H2,(H,16,17). The minimum Gasteiger partial charge on any atom is -0.342 e. The number of carbonyl (C=O) groups excluding carboxylic acids is 1. The van der Waals surface area contributed by atoms with Crippen LogP contribution in [0.25, 0.3) is 0 Å². The summed E-state index contributed by atoms with van der Waals surface area (Å²) in [6.07, 6.45) is 0. The van der Waals surface area contributed by atoms with Crippen molar-refractivity contribution < 1.29 is 13.6 Å². The van der Waals surface area contributed by atoms with Crippen LogP contribution in [0.3, 0.4) is 0 Å². The maximum atomic E-state index is 12.8. The van der Waals surface area contributed by atoms with E-state index in [0.29, 0.717) is 5.56 Å². The summed E-state index contributed by atoms with van der Waals surface area (Å²) in [6.45, 7) is 0.212. The molecule has 0 radical (unpaired) electrons. The van der Waals surface area contributed by atoms with Crippen molar-refractivity contribution in [3.8, 4) is 6.07 Å². The zero-order chi connectivity index (χ0) is 12.7. The minimum absolute atomic E-state index is 0.0146. The highest BCUT2D eigenvalue weighted by Gasteiger charge is 2.03. The van der Waals surface area contributed by atoms with Gasteiger partial charge in [-0.25, -0.2) is 8.78 Å². The Kier molecular flexibility index (Phi) is 5.04. The Morgan fingerprint density at radius 2 is 2.12 bits per heavy atom. The van der Waals surface area contributed by atoms with Crippen LogP contribution >= 0.6 is 0 Å². The second kappa shape index (κ2) is 6.55. The van der Waals surface area contributed by atoms with Crippen LogP contribution in [0, 0.1) is 23.0 Å². The Morgan fingerprint density at radius 1 is 1.35 bits per heavy atom. The van der Waals surface area contributed by atoms with Crippen LogP contribution in [0.2, 0.25) is 0 Å². The highest BCUT2D eigenvalue weighted by molar-refractivity contribution is 5.78. The van der Waals surface area contributed by atoms with Crippen molar-refractivity contribution in [2.45, 2.75) is 6.54 Å². The molecule has 1 aromatic carbocycles. The van der Waals surface area contributed by atoms with Crippen LogP contribution in [0.5, 0.6) is 0 Å². The SMILES string of the molecule is N#CCNC(=O)CNCc1ccc(F)c(F)c1. The maximum Gasteiger partial charge on any atom is 0.234 e. The maximum absolute atomic E-state index is 12.8. The van der Waals surface area contributed by atoms with E-state index in [0.717, 1.165) is 12.1 Å². The predicted molar refractivity (Wildman–Crippen MR) is 56.7 cm³/mol. The van der Waals surface area contributed by atoms with Gasteiger partial charge in [0, 0.05) is 6.54 Å². The van der Waals surface area contributed by atoms with Gasteiger partial charge in [-0.05, 0) is 17.7 Å². The average molecular weight is 239 g/mol. The summed E-state index contributed by atoms with van der Waals surface area (Å²) in [6, 6.07) is 5.29. The second-order valence-corrected chi connectivity index (χ2v) is 3.29. The second-order valence-electron chi connectivity index (χ2n) is 3.29. The lowest BCUT2D eigenvalue weighted by atomic mass is 10.2. The van der Waals surface area contributed by atoms with Crippen LogP contribution in [0.15, 0.2) is 18.2 Å². The summed E-state index contributed by atoms with van der Waals surface area (Å²) >= 11 is 0. The van der Waals surface area contributed by atoms with E-state index in [1.54, 1.807) is 6.07 Å². The highest BCUT2D eigenvalue weighted by atomic mass is 19.2. The van der Waals surface area contributed by atoms with Gasteiger partial charge >= 0.3 is 0 Å². The van der Waals surface area contributed by atoms with Crippen LogP contribution in [-0.4, -0.2) is 19.0 Å². The third-order valence-electron chi connectivity index (χ3n) is 1.96. The molecule has 1 amide bonds. The summed E-state index contributed by atoms with van der Waals surface area (Å²) in [5, 5.41) is 13.3. The first-order valence-corrected chi connectivity index (χ1v) is 4.92. The third kappa shape index (κ3) is 4.57. The largest absolute Gasteiger partial charge is 0.342 e. The molecule has 0 fully saturated rings. The predicted octanol–water partition coefficient (Wildman–Crippen LogP) is 0.694. The summed E-state index contributed by atoms with van der Waals surface area (Å²) in [4.78, 5) is 11.1. The van der Waals surface area contributed by atoms with Gasteiger partial charge in [0.15, 0.2) is 11.6 Å². The summed E-state index contributed by atoms with van der Waals surface area (Å²) in [5.74, 6) is -2.15. The normalized spacial score (nSPS) is 9.71. The van der Waals surface area contributed by atoms with Gasteiger partial charge in [0.1, 0.15) is 6.54 Å². The Labute approximate surface area is 97.2 Å². The minimum atomic E-state index is -0.918. The van der Waals surface area contributed by atoms with E-state index in [2.05, 4.69) is 10.6 Å². The molecule has 0 aliphatic heterocycles. The molecule has 0 spiro atoms. The van der Waals surface area contributed by atoms with Gasteiger partial charge in [-0.2, -0.15) is 5.26 Å².